The highest BCUT2D eigenvalue weighted by molar-refractivity contribution is 7.92. The Balaban J connectivity index is 2.10. The Morgan fingerprint density at radius 2 is 1.60 bits per heavy atom. The van der Waals surface area contributed by atoms with Gasteiger partial charge in [0.1, 0.15) is 18.3 Å². The van der Waals surface area contributed by atoms with Crippen LogP contribution < -0.4 is 14.4 Å². The molecule has 0 aromatic heterocycles. The fourth-order valence-corrected chi connectivity index (χ4v) is 5.54. The number of sulfonamides is 1. The van der Waals surface area contributed by atoms with Crippen molar-refractivity contribution in [1.29, 1.82) is 0 Å². The van der Waals surface area contributed by atoms with E-state index in [1.54, 1.807) is 49.4 Å². The summed E-state index contributed by atoms with van der Waals surface area (Å²) in [5, 5.41) is 3.65. The van der Waals surface area contributed by atoms with Crippen LogP contribution in [0.5, 0.6) is 5.75 Å². The lowest BCUT2D eigenvalue weighted by atomic mass is 10.0. The number of para-hydroxylation sites is 2. The van der Waals surface area contributed by atoms with E-state index in [0.717, 1.165) is 16.1 Å². The monoisotopic (exact) mass is 633 g/mol. The molecule has 11 heteroatoms. The SMILES string of the molecule is CCOc1ccccc1N(CC(=O)N(Cc1ccc(Cl)c(Cl)c1)C(Cc1ccccc1)C(=O)NC(C)CC)S(C)(=O)=O. The molecule has 3 aromatic carbocycles. The average Bonchev–Trinajstić information content (AvgIpc) is 2.95. The molecule has 0 fully saturated rings. The van der Waals surface area contributed by atoms with E-state index in [0.29, 0.717) is 34.4 Å². The second-order valence-electron chi connectivity index (χ2n) is 9.96. The van der Waals surface area contributed by atoms with Gasteiger partial charge in [-0.25, -0.2) is 8.42 Å². The first-order chi connectivity index (χ1) is 19.9. The Kier molecular flexibility index (Phi) is 12.1. The number of hydrogen-bond acceptors (Lipinski definition) is 5. The summed E-state index contributed by atoms with van der Waals surface area (Å²) in [4.78, 5) is 29.4. The third kappa shape index (κ3) is 9.11. The predicted octanol–water partition coefficient (Wildman–Crippen LogP) is 5.71. The molecule has 42 heavy (non-hydrogen) atoms. The van der Waals surface area contributed by atoms with Gasteiger partial charge in [-0.05, 0) is 55.7 Å². The normalized spacial score (nSPS) is 12.7. The molecule has 0 saturated carbocycles. The highest BCUT2D eigenvalue weighted by Crippen LogP contribution is 2.30. The van der Waals surface area contributed by atoms with Crippen LogP contribution in [0.4, 0.5) is 5.69 Å². The van der Waals surface area contributed by atoms with Crippen molar-refractivity contribution >= 4 is 50.7 Å². The number of nitrogens with zero attached hydrogens (tertiary/aromatic N) is 2. The van der Waals surface area contributed by atoms with Gasteiger partial charge in [0, 0.05) is 19.0 Å². The van der Waals surface area contributed by atoms with Gasteiger partial charge in [-0.2, -0.15) is 0 Å². The van der Waals surface area contributed by atoms with E-state index < -0.39 is 28.5 Å². The van der Waals surface area contributed by atoms with E-state index in [1.165, 1.54) is 4.90 Å². The van der Waals surface area contributed by atoms with Crippen molar-refractivity contribution < 1.29 is 22.7 Å². The molecule has 0 saturated heterocycles. The molecule has 3 aromatic rings. The topological polar surface area (TPSA) is 96.0 Å². The van der Waals surface area contributed by atoms with Gasteiger partial charge < -0.3 is 15.0 Å². The first kappa shape index (κ1) is 33.2. The van der Waals surface area contributed by atoms with E-state index in [4.69, 9.17) is 27.9 Å². The predicted molar refractivity (Wildman–Crippen MR) is 169 cm³/mol. The summed E-state index contributed by atoms with van der Waals surface area (Å²) in [6.45, 7) is 5.38. The molecule has 0 aliphatic heterocycles. The molecule has 0 spiro atoms. The Bertz CT molecular complexity index is 1470. The maximum Gasteiger partial charge on any atom is 0.244 e. The van der Waals surface area contributed by atoms with Crippen LogP contribution in [0.3, 0.4) is 0 Å². The average molecular weight is 635 g/mol. The number of halogens is 2. The maximum absolute atomic E-state index is 14.2. The third-order valence-electron chi connectivity index (χ3n) is 6.72. The summed E-state index contributed by atoms with van der Waals surface area (Å²) < 4.78 is 32.8. The molecule has 3 rings (SSSR count). The standard InChI is InChI=1S/C31H37Cl2N3O5S/c1-5-22(3)34-31(38)28(19-23-12-8-7-9-13-23)35(20-24-16-17-25(32)26(33)18-24)30(37)21-36(42(4,39)40)27-14-10-11-15-29(27)41-6-2/h7-18,22,28H,5-6,19-21H2,1-4H3,(H,34,38). The fourth-order valence-electron chi connectivity index (χ4n) is 4.37. The van der Waals surface area contributed by atoms with Crippen LogP contribution in [0.2, 0.25) is 10.0 Å². The number of benzene rings is 3. The lowest BCUT2D eigenvalue weighted by Crippen LogP contribution is -2.54. The van der Waals surface area contributed by atoms with Gasteiger partial charge in [-0.15, -0.1) is 0 Å². The van der Waals surface area contributed by atoms with Crippen LogP contribution in [-0.4, -0.2) is 56.6 Å². The van der Waals surface area contributed by atoms with Gasteiger partial charge in [-0.1, -0.05) is 78.7 Å². The molecular formula is C31H37Cl2N3O5S. The number of rotatable bonds is 14. The van der Waals surface area contributed by atoms with E-state index >= 15 is 0 Å². The Morgan fingerprint density at radius 1 is 0.929 bits per heavy atom. The largest absolute Gasteiger partial charge is 0.492 e. The molecule has 0 radical (unpaired) electrons. The quantitative estimate of drug-likeness (QED) is 0.245. The molecular weight excluding hydrogens is 597 g/mol. The number of anilines is 1. The lowest BCUT2D eigenvalue weighted by Gasteiger charge is -2.34. The smallest absolute Gasteiger partial charge is 0.244 e. The number of hydrogen-bond donors (Lipinski definition) is 1. The Hall–Kier alpha value is -3.27. The zero-order chi connectivity index (χ0) is 30.9. The molecule has 0 heterocycles. The van der Waals surface area contributed by atoms with Crippen LogP contribution in [0.1, 0.15) is 38.3 Å². The van der Waals surface area contributed by atoms with Crippen molar-refractivity contribution in [2.45, 2.75) is 52.2 Å². The van der Waals surface area contributed by atoms with Gasteiger partial charge >= 0.3 is 0 Å². The number of amides is 2. The zero-order valence-electron chi connectivity index (χ0n) is 24.2. The second kappa shape index (κ2) is 15.3. The highest BCUT2D eigenvalue weighted by atomic mass is 35.5. The molecule has 0 aliphatic rings. The van der Waals surface area contributed by atoms with Crippen molar-refractivity contribution in [3.63, 3.8) is 0 Å². The molecule has 8 nitrogen and oxygen atoms in total. The lowest BCUT2D eigenvalue weighted by molar-refractivity contribution is -0.140. The van der Waals surface area contributed by atoms with Gasteiger partial charge in [-0.3, -0.25) is 13.9 Å². The first-order valence-electron chi connectivity index (χ1n) is 13.7. The highest BCUT2D eigenvalue weighted by Gasteiger charge is 2.34. The van der Waals surface area contributed by atoms with Crippen LogP contribution >= 0.6 is 23.2 Å². The molecule has 0 bridgehead atoms. The summed E-state index contributed by atoms with van der Waals surface area (Å²) in [6, 6.07) is 19.9. The van der Waals surface area contributed by atoms with Crippen molar-refractivity contribution in [2.24, 2.45) is 0 Å². The summed E-state index contributed by atoms with van der Waals surface area (Å²) in [7, 11) is -3.93. The van der Waals surface area contributed by atoms with Crippen molar-refractivity contribution in [3.05, 3.63) is 94.0 Å². The van der Waals surface area contributed by atoms with Gasteiger partial charge in [0.2, 0.25) is 21.8 Å². The maximum atomic E-state index is 14.2. The number of ether oxygens (including phenoxy) is 1. The minimum Gasteiger partial charge on any atom is -0.492 e. The molecule has 2 amide bonds. The van der Waals surface area contributed by atoms with Gasteiger partial charge in [0.05, 0.1) is 28.6 Å². The first-order valence-corrected chi connectivity index (χ1v) is 16.3. The summed E-state index contributed by atoms with van der Waals surface area (Å²) in [5.41, 5.74) is 1.71. The molecule has 2 unspecified atom stereocenters. The minimum atomic E-state index is -3.93. The summed E-state index contributed by atoms with van der Waals surface area (Å²) in [6.07, 6.45) is 1.94. The molecule has 226 valence electrons. The second-order valence-corrected chi connectivity index (χ2v) is 12.7. The van der Waals surface area contributed by atoms with Gasteiger partial charge in [0.25, 0.3) is 0 Å². The summed E-state index contributed by atoms with van der Waals surface area (Å²) >= 11 is 12.4. The summed E-state index contributed by atoms with van der Waals surface area (Å²) in [5.74, 6) is -0.593. The van der Waals surface area contributed by atoms with E-state index in [2.05, 4.69) is 5.32 Å². The fraction of sp³-hybridized carbons (Fsp3) is 0.355. The Labute approximate surface area is 258 Å². The molecule has 1 N–H and O–H groups in total. The van der Waals surface area contributed by atoms with Crippen molar-refractivity contribution in [1.82, 2.24) is 10.2 Å². The zero-order valence-corrected chi connectivity index (χ0v) is 26.5. The Morgan fingerprint density at radius 3 is 2.21 bits per heavy atom. The van der Waals surface area contributed by atoms with E-state index in [9.17, 15) is 18.0 Å². The van der Waals surface area contributed by atoms with E-state index in [-0.39, 0.29) is 30.6 Å². The number of nitrogens with one attached hydrogen (secondary N) is 1. The number of carbonyl (C=O) groups excluding carboxylic acids is 2. The molecule has 2 atom stereocenters. The molecule has 0 aliphatic carbocycles. The van der Waals surface area contributed by atoms with Crippen LogP contribution in [0.25, 0.3) is 0 Å². The number of carbonyl (C=O) groups is 2. The van der Waals surface area contributed by atoms with Crippen molar-refractivity contribution in [3.8, 4) is 5.75 Å². The minimum absolute atomic E-state index is 0.00808. The van der Waals surface area contributed by atoms with Crippen molar-refractivity contribution in [2.75, 3.05) is 23.7 Å². The van der Waals surface area contributed by atoms with Crippen LogP contribution in [0, 0.1) is 0 Å². The van der Waals surface area contributed by atoms with Gasteiger partial charge in [0.15, 0.2) is 0 Å². The van der Waals surface area contributed by atoms with E-state index in [1.807, 2.05) is 44.2 Å². The van der Waals surface area contributed by atoms with Crippen LogP contribution in [0.15, 0.2) is 72.8 Å². The van der Waals surface area contributed by atoms with Crippen LogP contribution in [-0.2, 0) is 32.6 Å². The third-order valence-corrected chi connectivity index (χ3v) is 8.59.